The largest absolute Gasteiger partial charge is 0.491 e. The molecule has 3 nitrogen and oxygen atoms in total. The van der Waals surface area contributed by atoms with E-state index in [0.717, 1.165) is 37.6 Å². The van der Waals surface area contributed by atoms with Crippen LogP contribution in [-0.2, 0) is 0 Å². The summed E-state index contributed by atoms with van der Waals surface area (Å²) in [4.78, 5) is 2.52. The molecule has 0 amide bonds. The number of anilines is 1. The van der Waals surface area contributed by atoms with Crippen LogP contribution in [0, 0.1) is 0 Å². The van der Waals surface area contributed by atoms with E-state index in [2.05, 4.69) is 30.0 Å². The second kappa shape index (κ2) is 5.25. The van der Waals surface area contributed by atoms with E-state index < -0.39 is 0 Å². The van der Waals surface area contributed by atoms with E-state index in [0.29, 0.717) is 5.25 Å². The minimum Gasteiger partial charge on any atom is -0.491 e. The third kappa shape index (κ3) is 2.32. The summed E-state index contributed by atoms with van der Waals surface area (Å²) < 4.78 is 5.87. The van der Waals surface area contributed by atoms with Gasteiger partial charge in [-0.1, -0.05) is 19.1 Å². The van der Waals surface area contributed by atoms with Gasteiger partial charge in [0.2, 0.25) is 0 Å². The molecular weight excluding hydrogens is 256 g/mol. The molecule has 2 aliphatic heterocycles. The fourth-order valence-corrected chi connectivity index (χ4v) is 4.63. The Hall–Kier alpha value is -0.870. The Morgan fingerprint density at radius 3 is 3.05 bits per heavy atom. The lowest BCUT2D eigenvalue weighted by atomic mass is 9.92. The van der Waals surface area contributed by atoms with Crippen molar-refractivity contribution in [2.45, 2.75) is 30.6 Å². The summed E-state index contributed by atoms with van der Waals surface area (Å²) in [5.41, 5.74) is 7.50. The number of ether oxygens (including phenoxy) is 1. The second-order valence-corrected chi connectivity index (χ2v) is 7.00. The monoisotopic (exact) mass is 278 g/mol. The fourth-order valence-electron chi connectivity index (χ4n) is 3.21. The molecule has 0 radical (unpaired) electrons. The van der Waals surface area contributed by atoms with Crippen LogP contribution in [0.3, 0.4) is 0 Å². The molecule has 1 aromatic rings. The number of fused-ring (bicyclic) bond motifs is 1. The van der Waals surface area contributed by atoms with Crippen LogP contribution in [0.5, 0.6) is 5.75 Å². The average molecular weight is 278 g/mol. The Morgan fingerprint density at radius 1 is 1.47 bits per heavy atom. The molecule has 0 spiro atoms. The molecule has 19 heavy (non-hydrogen) atoms. The normalized spacial score (nSPS) is 30.6. The predicted octanol–water partition coefficient (Wildman–Crippen LogP) is 2.50. The highest BCUT2D eigenvalue weighted by molar-refractivity contribution is 8.00. The zero-order chi connectivity index (χ0) is 13.3. The molecule has 1 aromatic carbocycles. The van der Waals surface area contributed by atoms with Crippen LogP contribution in [0.4, 0.5) is 5.69 Å². The first kappa shape index (κ1) is 13.1. The lowest BCUT2D eigenvalue weighted by Gasteiger charge is -2.41. The third-order valence-electron chi connectivity index (χ3n) is 4.20. The first-order chi connectivity index (χ1) is 9.25. The Kier molecular flexibility index (Phi) is 3.63. The highest BCUT2D eigenvalue weighted by atomic mass is 32.2. The predicted molar refractivity (Wildman–Crippen MR) is 82.2 cm³/mol. The summed E-state index contributed by atoms with van der Waals surface area (Å²) in [6.07, 6.45) is 2.23. The first-order valence-electron chi connectivity index (χ1n) is 7.06. The van der Waals surface area contributed by atoms with Crippen LogP contribution >= 0.6 is 11.8 Å². The lowest BCUT2D eigenvalue weighted by molar-refractivity contribution is 0.321. The van der Waals surface area contributed by atoms with E-state index in [9.17, 15) is 0 Å². The van der Waals surface area contributed by atoms with E-state index in [1.54, 1.807) is 0 Å². The van der Waals surface area contributed by atoms with Crippen molar-refractivity contribution in [3.8, 4) is 5.75 Å². The van der Waals surface area contributed by atoms with Gasteiger partial charge in [-0.2, -0.15) is 11.8 Å². The van der Waals surface area contributed by atoms with Crippen molar-refractivity contribution in [2.75, 3.05) is 30.3 Å². The maximum Gasteiger partial charge on any atom is 0.142 e. The van der Waals surface area contributed by atoms with E-state index in [4.69, 9.17) is 10.5 Å². The molecule has 0 saturated carbocycles. The van der Waals surface area contributed by atoms with Crippen LogP contribution in [-0.4, -0.2) is 36.2 Å². The van der Waals surface area contributed by atoms with E-state index in [1.807, 2.05) is 17.8 Å². The smallest absolute Gasteiger partial charge is 0.142 e. The Morgan fingerprint density at radius 2 is 2.32 bits per heavy atom. The van der Waals surface area contributed by atoms with Gasteiger partial charge in [0, 0.05) is 24.1 Å². The molecule has 2 N–H and O–H groups in total. The summed E-state index contributed by atoms with van der Waals surface area (Å²) >= 11 is 2.04. The summed E-state index contributed by atoms with van der Waals surface area (Å²) in [6, 6.07) is 8.38. The van der Waals surface area contributed by atoms with Gasteiger partial charge in [-0.15, -0.1) is 0 Å². The second-order valence-electron chi connectivity index (χ2n) is 5.58. The van der Waals surface area contributed by atoms with Crippen LogP contribution in [0.1, 0.15) is 19.8 Å². The van der Waals surface area contributed by atoms with E-state index in [-0.39, 0.29) is 5.54 Å². The number of nitrogens with two attached hydrogens (primary N) is 1. The number of hydrogen-bond donors (Lipinski definition) is 1. The molecule has 1 fully saturated rings. The quantitative estimate of drug-likeness (QED) is 0.902. The zero-order valence-corrected chi connectivity index (χ0v) is 12.3. The van der Waals surface area contributed by atoms with Gasteiger partial charge in [-0.25, -0.2) is 0 Å². The van der Waals surface area contributed by atoms with E-state index in [1.165, 1.54) is 12.1 Å². The summed E-state index contributed by atoms with van der Waals surface area (Å²) in [5.74, 6) is 2.14. The highest BCUT2D eigenvalue weighted by Gasteiger charge is 2.43. The molecule has 2 heterocycles. The number of nitrogens with zero attached hydrogens (tertiary/aromatic N) is 1. The van der Waals surface area contributed by atoms with Gasteiger partial charge in [0.15, 0.2) is 0 Å². The number of hydrogen-bond acceptors (Lipinski definition) is 4. The van der Waals surface area contributed by atoms with Crippen molar-refractivity contribution >= 4 is 17.4 Å². The molecule has 3 rings (SSSR count). The van der Waals surface area contributed by atoms with Crippen LogP contribution in [0.15, 0.2) is 24.3 Å². The Labute approximate surface area is 119 Å². The van der Waals surface area contributed by atoms with Crippen molar-refractivity contribution in [3.63, 3.8) is 0 Å². The molecule has 0 bridgehead atoms. The van der Waals surface area contributed by atoms with Crippen molar-refractivity contribution in [3.05, 3.63) is 24.3 Å². The van der Waals surface area contributed by atoms with Gasteiger partial charge in [0.1, 0.15) is 5.75 Å². The maximum absolute atomic E-state index is 6.17. The standard InChI is InChI=1S/C15H22N2OS/c1-12-9-15(10-16,11-19-12)17-7-4-8-18-14-6-3-2-5-13(14)17/h2-3,5-6,12H,4,7-11,16H2,1H3. The molecule has 0 aliphatic carbocycles. The van der Waals surface area contributed by atoms with Crippen LogP contribution in [0.25, 0.3) is 0 Å². The molecule has 2 aliphatic rings. The molecule has 0 aromatic heterocycles. The van der Waals surface area contributed by atoms with Gasteiger partial charge in [0.25, 0.3) is 0 Å². The topological polar surface area (TPSA) is 38.5 Å². The number of benzene rings is 1. The van der Waals surface area contributed by atoms with Gasteiger partial charge in [-0.05, 0) is 25.0 Å². The molecule has 2 atom stereocenters. The number of para-hydroxylation sites is 2. The average Bonchev–Trinajstić information content (AvgIpc) is 2.70. The Balaban J connectivity index is 1.99. The summed E-state index contributed by atoms with van der Waals surface area (Å²) in [6.45, 7) is 4.87. The molecule has 104 valence electrons. The summed E-state index contributed by atoms with van der Waals surface area (Å²) in [5, 5.41) is 0.694. The SMILES string of the molecule is CC1CC(CN)(N2CCCOc3ccccc32)CS1. The van der Waals surface area contributed by atoms with Crippen molar-refractivity contribution in [2.24, 2.45) is 5.73 Å². The fraction of sp³-hybridized carbons (Fsp3) is 0.600. The van der Waals surface area contributed by atoms with Gasteiger partial charge in [0.05, 0.1) is 17.8 Å². The van der Waals surface area contributed by atoms with Gasteiger partial charge < -0.3 is 15.4 Å². The van der Waals surface area contributed by atoms with Crippen LogP contribution in [0.2, 0.25) is 0 Å². The minimum absolute atomic E-state index is 0.105. The van der Waals surface area contributed by atoms with Crippen molar-refractivity contribution < 1.29 is 4.74 Å². The number of thioether (sulfide) groups is 1. The van der Waals surface area contributed by atoms with Crippen molar-refractivity contribution in [1.29, 1.82) is 0 Å². The highest BCUT2D eigenvalue weighted by Crippen LogP contribution is 2.43. The van der Waals surface area contributed by atoms with Gasteiger partial charge >= 0.3 is 0 Å². The molecular formula is C15H22N2OS. The maximum atomic E-state index is 6.17. The van der Waals surface area contributed by atoms with E-state index >= 15 is 0 Å². The Bertz CT molecular complexity index is 454. The summed E-state index contributed by atoms with van der Waals surface area (Å²) in [7, 11) is 0. The molecule has 1 saturated heterocycles. The minimum atomic E-state index is 0.105. The van der Waals surface area contributed by atoms with Gasteiger partial charge in [-0.3, -0.25) is 0 Å². The number of rotatable bonds is 2. The third-order valence-corrected chi connectivity index (χ3v) is 5.64. The van der Waals surface area contributed by atoms with Crippen molar-refractivity contribution in [1.82, 2.24) is 0 Å². The lowest BCUT2D eigenvalue weighted by Crippen LogP contribution is -2.55. The van der Waals surface area contributed by atoms with Crippen LogP contribution < -0.4 is 15.4 Å². The molecule has 2 unspecified atom stereocenters. The zero-order valence-electron chi connectivity index (χ0n) is 11.5. The first-order valence-corrected chi connectivity index (χ1v) is 8.11. The molecule has 4 heteroatoms.